The highest BCUT2D eigenvalue weighted by Crippen LogP contribution is 2.13. The third-order valence-corrected chi connectivity index (χ3v) is 3.37. The zero-order valence-corrected chi connectivity index (χ0v) is 12.1. The van der Waals surface area contributed by atoms with Crippen LogP contribution in [0, 0.1) is 0 Å². The number of carbonyl (C=O) groups excluding carboxylic acids is 1. The van der Waals surface area contributed by atoms with E-state index in [1.54, 1.807) is 18.3 Å². The van der Waals surface area contributed by atoms with Crippen molar-refractivity contribution in [3.63, 3.8) is 0 Å². The molecule has 2 heterocycles. The van der Waals surface area contributed by atoms with Crippen LogP contribution in [0.3, 0.4) is 0 Å². The number of nitrogens with zero attached hydrogens (tertiary/aromatic N) is 3. The molecule has 3 aromatic rings. The third kappa shape index (κ3) is 2.87. The van der Waals surface area contributed by atoms with Gasteiger partial charge in [-0.2, -0.15) is 5.10 Å². The number of benzene rings is 1. The summed E-state index contributed by atoms with van der Waals surface area (Å²) in [4.78, 5) is 16.5. The first-order chi connectivity index (χ1) is 10.1. The molecule has 3 rings (SSSR count). The maximum Gasteiger partial charge on any atom is 0.272 e. The van der Waals surface area contributed by atoms with E-state index in [2.05, 4.69) is 15.4 Å². The summed E-state index contributed by atoms with van der Waals surface area (Å²) in [5, 5.41) is 7.32. The zero-order chi connectivity index (χ0) is 14.8. The van der Waals surface area contributed by atoms with Gasteiger partial charge < -0.3 is 5.32 Å². The maximum atomic E-state index is 12.2. The number of aromatic nitrogens is 3. The smallest absolute Gasteiger partial charge is 0.272 e. The summed E-state index contributed by atoms with van der Waals surface area (Å²) in [7, 11) is 0. The normalized spacial score (nSPS) is 12.3. The van der Waals surface area contributed by atoms with Gasteiger partial charge in [-0.25, -0.2) is 9.50 Å². The topological polar surface area (TPSA) is 59.3 Å². The van der Waals surface area contributed by atoms with Crippen LogP contribution in [0.4, 0.5) is 0 Å². The van der Waals surface area contributed by atoms with Crippen molar-refractivity contribution in [2.24, 2.45) is 0 Å². The lowest BCUT2D eigenvalue weighted by molar-refractivity contribution is 0.0935. The summed E-state index contributed by atoms with van der Waals surface area (Å²) >= 11 is 5.81. The van der Waals surface area contributed by atoms with Gasteiger partial charge in [0.25, 0.3) is 5.91 Å². The minimum Gasteiger partial charge on any atom is -0.344 e. The van der Waals surface area contributed by atoms with E-state index in [1.165, 1.54) is 4.52 Å². The van der Waals surface area contributed by atoms with Crippen molar-refractivity contribution in [3.05, 3.63) is 65.1 Å². The Morgan fingerprint density at radius 2 is 2.00 bits per heavy atom. The van der Waals surface area contributed by atoms with Gasteiger partial charge in [-0.15, -0.1) is 0 Å². The number of hydrogen-bond donors (Lipinski definition) is 1. The number of carbonyl (C=O) groups is 1. The van der Waals surface area contributed by atoms with Crippen molar-refractivity contribution in [1.82, 2.24) is 19.9 Å². The van der Waals surface area contributed by atoms with Crippen molar-refractivity contribution in [2.45, 2.75) is 13.0 Å². The lowest BCUT2D eigenvalue weighted by atomic mass is 10.1. The average molecular weight is 301 g/mol. The number of imidazole rings is 1. The molecule has 2 aromatic heterocycles. The molecule has 1 unspecified atom stereocenters. The largest absolute Gasteiger partial charge is 0.344 e. The minimum absolute atomic E-state index is 0.0972. The van der Waals surface area contributed by atoms with Crippen LogP contribution in [0.2, 0.25) is 5.15 Å². The van der Waals surface area contributed by atoms with Crippen LogP contribution in [0.15, 0.2) is 48.7 Å². The Morgan fingerprint density at radius 1 is 1.24 bits per heavy atom. The number of amides is 1. The highest BCUT2D eigenvalue weighted by molar-refractivity contribution is 6.29. The fraction of sp³-hybridized carbons (Fsp3) is 0.133. The Kier molecular flexibility index (Phi) is 3.58. The van der Waals surface area contributed by atoms with Crippen LogP contribution in [0.5, 0.6) is 0 Å². The molecule has 0 radical (unpaired) electrons. The molecule has 5 nitrogen and oxygen atoms in total. The molecular weight excluding hydrogens is 288 g/mol. The summed E-state index contributed by atoms with van der Waals surface area (Å²) in [6.45, 7) is 1.93. The van der Waals surface area contributed by atoms with Crippen LogP contribution >= 0.6 is 11.6 Å². The van der Waals surface area contributed by atoms with E-state index < -0.39 is 0 Å². The van der Waals surface area contributed by atoms with Crippen molar-refractivity contribution in [2.75, 3.05) is 0 Å². The van der Waals surface area contributed by atoms with Gasteiger partial charge in [-0.3, -0.25) is 4.79 Å². The van der Waals surface area contributed by atoms with Crippen molar-refractivity contribution in [1.29, 1.82) is 0 Å². The van der Waals surface area contributed by atoms with E-state index in [0.29, 0.717) is 16.5 Å². The van der Waals surface area contributed by atoms with Crippen molar-refractivity contribution in [3.8, 4) is 0 Å². The predicted molar refractivity (Wildman–Crippen MR) is 80.3 cm³/mol. The second kappa shape index (κ2) is 5.54. The molecule has 1 atom stereocenters. The highest BCUT2D eigenvalue weighted by Gasteiger charge is 2.14. The molecule has 0 bridgehead atoms. The summed E-state index contributed by atoms with van der Waals surface area (Å²) < 4.78 is 1.49. The van der Waals surface area contributed by atoms with E-state index in [9.17, 15) is 4.79 Å². The number of nitrogens with one attached hydrogen (secondary N) is 1. The molecule has 0 aliphatic rings. The zero-order valence-electron chi connectivity index (χ0n) is 11.3. The Labute approximate surface area is 126 Å². The highest BCUT2D eigenvalue weighted by atomic mass is 35.5. The summed E-state index contributed by atoms with van der Waals surface area (Å²) in [6, 6.07) is 13.0. The number of hydrogen-bond acceptors (Lipinski definition) is 3. The van der Waals surface area contributed by atoms with Gasteiger partial charge in [-0.05, 0) is 24.6 Å². The molecule has 0 fully saturated rings. The van der Waals surface area contributed by atoms with Gasteiger partial charge in [0, 0.05) is 0 Å². The van der Waals surface area contributed by atoms with Gasteiger partial charge in [0.15, 0.2) is 5.65 Å². The molecule has 0 saturated carbocycles. The molecule has 21 heavy (non-hydrogen) atoms. The van der Waals surface area contributed by atoms with E-state index in [-0.39, 0.29) is 11.9 Å². The minimum atomic E-state index is -0.243. The molecule has 0 aliphatic heterocycles. The first-order valence-electron chi connectivity index (χ1n) is 6.51. The second-order valence-corrected chi connectivity index (χ2v) is 5.08. The third-order valence-electron chi connectivity index (χ3n) is 3.17. The number of rotatable bonds is 3. The van der Waals surface area contributed by atoms with Crippen molar-refractivity contribution < 1.29 is 4.79 Å². The molecule has 0 aliphatic carbocycles. The van der Waals surface area contributed by atoms with Gasteiger partial charge in [0.05, 0.1) is 12.2 Å². The fourth-order valence-corrected chi connectivity index (χ4v) is 2.21. The Balaban J connectivity index is 1.80. The Bertz CT molecular complexity index is 785. The van der Waals surface area contributed by atoms with E-state index in [0.717, 1.165) is 5.56 Å². The van der Waals surface area contributed by atoms with E-state index >= 15 is 0 Å². The quantitative estimate of drug-likeness (QED) is 0.809. The van der Waals surface area contributed by atoms with Gasteiger partial charge in [-0.1, -0.05) is 41.9 Å². The molecule has 0 spiro atoms. The molecule has 0 saturated heterocycles. The average Bonchev–Trinajstić information content (AvgIpc) is 2.91. The Morgan fingerprint density at radius 3 is 2.76 bits per heavy atom. The maximum absolute atomic E-state index is 12.2. The van der Waals surface area contributed by atoms with Crippen molar-refractivity contribution >= 4 is 23.2 Å². The van der Waals surface area contributed by atoms with Gasteiger partial charge >= 0.3 is 0 Å². The van der Waals surface area contributed by atoms with Gasteiger partial charge in [0.2, 0.25) is 0 Å². The van der Waals surface area contributed by atoms with Crippen LogP contribution in [0.1, 0.15) is 29.0 Å². The monoisotopic (exact) mass is 300 g/mol. The van der Waals surface area contributed by atoms with E-state index in [1.807, 2.05) is 37.3 Å². The molecular formula is C15H13ClN4O. The van der Waals surface area contributed by atoms with Crippen LogP contribution in [-0.4, -0.2) is 20.5 Å². The number of halogens is 1. The van der Waals surface area contributed by atoms with Gasteiger partial charge in [0.1, 0.15) is 10.8 Å². The lowest BCUT2D eigenvalue weighted by Crippen LogP contribution is -2.26. The predicted octanol–water partition coefficient (Wildman–Crippen LogP) is 2.87. The standard InChI is InChI=1S/C15H13ClN4O/c1-10(11-5-3-2-4-6-11)17-15(21)12-9-20-14(18-12)8-7-13(16)19-20/h2-10H,1H3,(H,17,21). The van der Waals surface area contributed by atoms with Crippen LogP contribution in [-0.2, 0) is 0 Å². The first kappa shape index (κ1) is 13.6. The second-order valence-electron chi connectivity index (χ2n) is 4.69. The molecule has 6 heteroatoms. The molecule has 1 amide bonds. The van der Waals surface area contributed by atoms with Crippen LogP contribution in [0.25, 0.3) is 5.65 Å². The summed E-state index contributed by atoms with van der Waals surface area (Å²) in [6.07, 6.45) is 1.56. The summed E-state index contributed by atoms with van der Waals surface area (Å²) in [5.41, 5.74) is 1.93. The SMILES string of the molecule is CC(NC(=O)c1cn2nc(Cl)ccc2n1)c1ccccc1. The van der Waals surface area contributed by atoms with Crippen LogP contribution < -0.4 is 5.32 Å². The Hall–Kier alpha value is -2.40. The lowest BCUT2D eigenvalue weighted by Gasteiger charge is -2.12. The first-order valence-corrected chi connectivity index (χ1v) is 6.89. The fourth-order valence-electron chi connectivity index (χ4n) is 2.06. The molecule has 1 N–H and O–H groups in total. The summed E-state index contributed by atoms with van der Waals surface area (Å²) in [5.74, 6) is -0.243. The molecule has 1 aromatic carbocycles. The number of fused-ring (bicyclic) bond motifs is 1. The van der Waals surface area contributed by atoms with E-state index in [4.69, 9.17) is 11.6 Å². The molecule has 106 valence electrons.